The molecular weight excluding hydrogens is 246 g/mol. The Morgan fingerprint density at radius 1 is 1.26 bits per heavy atom. The Bertz CT molecular complexity index is 591. The third-order valence-electron chi connectivity index (χ3n) is 2.99. The molecule has 0 spiro atoms. The van der Waals surface area contributed by atoms with Gasteiger partial charge in [0.2, 0.25) is 6.79 Å². The Kier molecular flexibility index (Phi) is 2.87. The van der Waals surface area contributed by atoms with Crippen molar-refractivity contribution < 1.29 is 18.7 Å². The van der Waals surface area contributed by atoms with E-state index in [0.29, 0.717) is 11.5 Å². The van der Waals surface area contributed by atoms with Crippen molar-refractivity contribution in [2.75, 3.05) is 6.79 Å². The van der Waals surface area contributed by atoms with E-state index in [9.17, 15) is 4.79 Å². The Morgan fingerprint density at radius 2 is 2.11 bits per heavy atom. The van der Waals surface area contributed by atoms with Crippen molar-refractivity contribution in [2.24, 2.45) is 0 Å². The SMILES string of the molecule is C[C@@H](NC(=O)c1ccco1)c1ccc2c(c1)OCO2. The van der Waals surface area contributed by atoms with Crippen LogP contribution in [-0.4, -0.2) is 12.7 Å². The first-order chi connectivity index (χ1) is 9.24. The lowest BCUT2D eigenvalue weighted by atomic mass is 10.1. The van der Waals surface area contributed by atoms with Crippen LogP contribution in [0, 0.1) is 0 Å². The molecular formula is C14H13NO4. The molecule has 2 heterocycles. The van der Waals surface area contributed by atoms with Gasteiger partial charge in [0.25, 0.3) is 5.91 Å². The molecule has 0 saturated heterocycles. The Balaban J connectivity index is 1.73. The number of rotatable bonds is 3. The molecule has 1 N–H and O–H groups in total. The van der Waals surface area contributed by atoms with Gasteiger partial charge in [-0.1, -0.05) is 6.07 Å². The second-order valence-corrected chi connectivity index (χ2v) is 4.29. The van der Waals surface area contributed by atoms with Crippen LogP contribution in [0.3, 0.4) is 0 Å². The van der Waals surface area contributed by atoms with E-state index in [-0.39, 0.29) is 18.7 Å². The van der Waals surface area contributed by atoms with E-state index in [0.717, 1.165) is 11.3 Å². The molecule has 98 valence electrons. The van der Waals surface area contributed by atoms with Gasteiger partial charge in [-0.3, -0.25) is 4.79 Å². The third-order valence-corrected chi connectivity index (χ3v) is 2.99. The minimum atomic E-state index is -0.241. The zero-order valence-electron chi connectivity index (χ0n) is 10.4. The van der Waals surface area contributed by atoms with Crippen molar-refractivity contribution in [2.45, 2.75) is 13.0 Å². The number of benzene rings is 1. The van der Waals surface area contributed by atoms with Crippen LogP contribution in [0.25, 0.3) is 0 Å². The van der Waals surface area contributed by atoms with Gasteiger partial charge in [-0.25, -0.2) is 0 Å². The zero-order chi connectivity index (χ0) is 13.2. The highest BCUT2D eigenvalue weighted by Crippen LogP contribution is 2.34. The molecule has 3 rings (SSSR count). The molecule has 0 saturated carbocycles. The number of carbonyl (C=O) groups is 1. The fraction of sp³-hybridized carbons (Fsp3) is 0.214. The summed E-state index contributed by atoms with van der Waals surface area (Å²) in [7, 11) is 0. The van der Waals surface area contributed by atoms with E-state index in [2.05, 4.69) is 5.32 Å². The minimum absolute atomic E-state index is 0.146. The number of fused-ring (bicyclic) bond motifs is 1. The van der Waals surface area contributed by atoms with Gasteiger partial charge >= 0.3 is 0 Å². The van der Waals surface area contributed by atoms with Gasteiger partial charge in [-0.15, -0.1) is 0 Å². The summed E-state index contributed by atoms with van der Waals surface area (Å²) in [6, 6.07) is 8.78. The van der Waals surface area contributed by atoms with Gasteiger partial charge in [0.1, 0.15) is 0 Å². The van der Waals surface area contributed by atoms with Crippen LogP contribution in [0.2, 0.25) is 0 Å². The Labute approximate surface area is 110 Å². The molecule has 1 aromatic heterocycles. The van der Waals surface area contributed by atoms with E-state index in [1.54, 1.807) is 12.1 Å². The summed E-state index contributed by atoms with van der Waals surface area (Å²) in [4.78, 5) is 11.9. The van der Waals surface area contributed by atoms with Crippen LogP contribution < -0.4 is 14.8 Å². The summed E-state index contributed by atoms with van der Waals surface area (Å²) < 4.78 is 15.6. The van der Waals surface area contributed by atoms with Gasteiger partial charge in [-0.2, -0.15) is 0 Å². The first-order valence-corrected chi connectivity index (χ1v) is 5.98. The van der Waals surface area contributed by atoms with Crippen LogP contribution in [0.5, 0.6) is 11.5 Å². The standard InChI is InChI=1S/C14H13NO4/c1-9(15-14(16)12-3-2-6-17-12)10-4-5-11-13(7-10)19-8-18-11/h2-7,9H,8H2,1H3,(H,15,16)/t9-/m1/s1. The first-order valence-electron chi connectivity index (χ1n) is 5.98. The summed E-state index contributed by atoms with van der Waals surface area (Å²) in [5.74, 6) is 1.49. The maximum absolute atomic E-state index is 11.9. The lowest BCUT2D eigenvalue weighted by molar-refractivity contribution is 0.0912. The van der Waals surface area contributed by atoms with E-state index in [1.807, 2.05) is 25.1 Å². The Hall–Kier alpha value is -2.43. The molecule has 1 aliphatic rings. The van der Waals surface area contributed by atoms with Gasteiger partial charge in [-0.05, 0) is 36.8 Å². The minimum Gasteiger partial charge on any atom is -0.459 e. The molecule has 0 unspecified atom stereocenters. The highest BCUT2D eigenvalue weighted by molar-refractivity contribution is 5.91. The molecule has 5 nitrogen and oxygen atoms in total. The maximum Gasteiger partial charge on any atom is 0.287 e. The summed E-state index contributed by atoms with van der Waals surface area (Å²) in [6.07, 6.45) is 1.47. The van der Waals surface area contributed by atoms with Crippen LogP contribution in [0.4, 0.5) is 0 Å². The second-order valence-electron chi connectivity index (χ2n) is 4.29. The number of amides is 1. The number of carbonyl (C=O) groups excluding carboxylic acids is 1. The summed E-state index contributed by atoms with van der Waals surface area (Å²) in [5.41, 5.74) is 0.948. The van der Waals surface area contributed by atoms with E-state index >= 15 is 0 Å². The van der Waals surface area contributed by atoms with Crippen molar-refractivity contribution in [1.82, 2.24) is 5.32 Å². The van der Waals surface area contributed by atoms with Crippen LogP contribution in [0.1, 0.15) is 29.1 Å². The molecule has 0 fully saturated rings. The number of nitrogens with one attached hydrogen (secondary N) is 1. The normalized spacial score (nSPS) is 14.2. The highest BCUT2D eigenvalue weighted by atomic mass is 16.7. The number of hydrogen-bond donors (Lipinski definition) is 1. The van der Waals surface area contributed by atoms with Gasteiger partial charge in [0, 0.05) is 0 Å². The average molecular weight is 259 g/mol. The zero-order valence-corrected chi connectivity index (χ0v) is 10.4. The lowest BCUT2D eigenvalue weighted by Crippen LogP contribution is -2.26. The highest BCUT2D eigenvalue weighted by Gasteiger charge is 2.18. The summed E-state index contributed by atoms with van der Waals surface area (Å²) in [5, 5.41) is 2.86. The molecule has 19 heavy (non-hydrogen) atoms. The molecule has 1 aromatic carbocycles. The van der Waals surface area contributed by atoms with E-state index < -0.39 is 0 Å². The van der Waals surface area contributed by atoms with Gasteiger partial charge in [0.05, 0.1) is 12.3 Å². The van der Waals surface area contributed by atoms with Gasteiger partial charge in [0.15, 0.2) is 17.3 Å². The summed E-state index contributed by atoms with van der Waals surface area (Å²) >= 11 is 0. The molecule has 1 atom stereocenters. The first kappa shape index (κ1) is 11.6. The lowest BCUT2D eigenvalue weighted by Gasteiger charge is -2.13. The fourth-order valence-corrected chi connectivity index (χ4v) is 1.94. The second kappa shape index (κ2) is 4.68. The van der Waals surface area contributed by atoms with Crippen LogP contribution >= 0.6 is 0 Å². The van der Waals surface area contributed by atoms with E-state index in [1.165, 1.54) is 6.26 Å². The molecule has 5 heteroatoms. The van der Waals surface area contributed by atoms with Gasteiger partial charge < -0.3 is 19.2 Å². The number of ether oxygens (including phenoxy) is 2. The molecule has 0 radical (unpaired) electrons. The fourth-order valence-electron chi connectivity index (χ4n) is 1.94. The Morgan fingerprint density at radius 3 is 2.89 bits per heavy atom. The van der Waals surface area contributed by atoms with Crippen LogP contribution in [0.15, 0.2) is 41.0 Å². The van der Waals surface area contributed by atoms with Crippen molar-refractivity contribution in [3.63, 3.8) is 0 Å². The van der Waals surface area contributed by atoms with Crippen molar-refractivity contribution in [1.29, 1.82) is 0 Å². The molecule has 0 bridgehead atoms. The molecule has 0 aliphatic carbocycles. The maximum atomic E-state index is 11.9. The third kappa shape index (κ3) is 2.27. The molecule has 1 amide bonds. The van der Waals surface area contributed by atoms with Crippen molar-refractivity contribution in [3.8, 4) is 11.5 Å². The number of furan rings is 1. The molecule has 2 aromatic rings. The molecule has 1 aliphatic heterocycles. The predicted octanol–water partition coefficient (Wildman–Crippen LogP) is 2.50. The average Bonchev–Trinajstić information content (AvgIpc) is 3.09. The summed E-state index contributed by atoms with van der Waals surface area (Å²) in [6.45, 7) is 2.14. The predicted molar refractivity (Wildman–Crippen MR) is 67.2 cm³/mol. The van der Waals surface area contributed by atoms with E-state index in [4.69, 9.17) is 13.9 Å². The topological polar surface area (TPSA) is 60.7 Å². The largest absolute Gasteiger partial charge is 0.459 e. The smallest absolute Gasteiger partial charge is 0.287 e. The van der Waals surface area contributed by atoms with Crippen LogP contribution in [-0.2, 0) is 0 Å². The van der Waals surface area contributed by atoms with Crippen molar-refractivity contribution >= 4 is 5.91 Å². The number of hydrogen-bond acceptors (Lipinski definition) is 4. The van der Waals surface area contributed by atoms with Crippen molar-refractivity contribution in [3.05, 3.63) is 47.9 Å². The quantitative estimate of drug-likeness (QED) is 0.920. The monoisotopic (exact) mass is 259 g/mol.